The molecule has 2 aromatic rings. The first kappa shape index (κ1) is 11.5. The van der Waals surface area contributed by atoms with Crippen LogP contribution in [0.4, 0.5) is 0 Å². The fourth-order valence-corrected chi connectivity index (χ4v) is 4.21. The lowest BCUT2D eigenvalue weighted by atomic mass is 9.87. The summed E-state index contributed by atoms with van der Waals surface area (Å²) in [7, 11) is 0. The van der Waals surface area contributed by atoms with Crippen LogP contribution in [0, 0.1) is 0 Å². The minimum Gasteiger partial charge on any atom is -0.329 e. The topological polar surface area (TPSA) is 38.9 Å². The number of fused-ring (bicyclic) bond motifs is 1. The Kier molecular flexibility index (Phi) is 2.85. The van der Waals surface area contributed by atoms with E-state index in [0.717, 1.165) is 15.2 Å². The van der Waals surface area contributed by atoms with Gasteiger partial charge in [-0.25, -0.2) is 4.98 Å². The zero-order valence-electron chi connectivity index (χ0n) is 9.58. The monoisotopic (exact) mass is 266 g/mol. The van der Waals surface area contributed by atoms with E-state index >= 15 is 0 Å². The van der Waals surface area contributed by atoms with Crippen molar-refractivity contribution < 1.29 is 0 Å². The molecule has 1 aliphatic carbocycles. The molecular formula is C13H15ClN2S. The number of hydrogen-bond donors (Lipinski definition) is 1. The summed E-state index contributed by atoms with van der Waals surface area (Å²) in [5.74, 6) is 0. The molecule has 1 aromatic carbocycles. The zero-order chi connectivity index (χ0) is 11.9. The molecular weight excluding hydrogens is 252 g/mol. The van der Waals surface area contributed by atoms with E-state index in [1.807, 2.05) is 18.2 Å². The van der Waals surface area contributed by atoms with E-state index in [9.17, 15) is 0 Å². The highest BCUT2D eigenvalue weighted by Gasteiger charge is 2.37. The quantitative estimate of drug-likeness (QED) is 0.900. The summed E-state index contributed by atoms with van der Waals surface area (Å²) in [4.78, 5) is 4.75. The first-order valence-electron chi connectivity index (χ1n) is 6.01. The summed E-state index contributed by atoms with van der Waals surface area (Å²) in [5.41, 5.74) is 7.12. The molecule has 4 heteroatoms. The Bertz CT molecular complexity index is 543. The van der Waals surface area contributed by atoms with E-state index < -0.39 is 0 Å². The Morgan fingerprint density at radius 3 is 2.76 bits per heavy atom. The van der Waals surface area contributed by atoms with E-state index in [4.69, 9.17) is 22.3 Å². The smallest absolute Gasteiger partial charge is 0.101 e. The normalized spacial score (nSPS) is 18.9. The number of nitrogens with two attached hydrogens (primary N) is 1. The van der Waals surface area contributed by atoms with Crippen molar-refractivity contribution in [1.82, 2.24) is 4.98 Å². The predicted molar refractivity (Wildman–Crippen MR) is 73.8 cm³/mol. The number of thiazole rings is 1. The third kappa shape index (κ3) is 1.77. The zero-order valence-corrected chi connectivity index (χ0v) is 11.2. The minimum absolute atomic E-state index is 0.118. The van der Waals surface area contributed by atoms with Crippen molar-refractivity contribution in [2.75, 3.05) is 6.54 Å². The second kappa shape index (κ2) is 4.23. The van der Waals surface area contributed by atoms with Crippen molar-refractivity contribution in [1.29, 1.82) is 0 Å². The van der Waals surface area contributed by atoms with Crippen molar-refractivity contribution in [3.63, 3.8) is 0 Å². The van der Waals surface area contributed by atoms with Gasteiger partial charge < -0.3 is 5.73 Å². The Balaban J connectivity index is 2.14. The van der Waals surface area contributed by atoms with Gasteiger partial charge in [0.1, 0.15) is 5.01 Å². The summed E-state index contributed by atoms with van der Waals surface area (Å²) in [6.45, 7) is 0.699. The van der Waals surface area contributed by atoms with Crippen LogP contribution >= 0.6 is 22.9 Å². The molecule has 90 valence electrons. The molecule has 0 radical (unpaired) electrons. The molecule has 0 amide bonds. The standard InChI is InChI=1S/C13H15ClN2S/c14-9-4-3-5-10-11(9)17-12(16-10)13(8-15)6-1-2-7-13/h3-5H,1-2,6-8,15H2. The Labute approximate surface area is 110 Å². The van der Waals surface area contributed by atoms with Crippen LogP contribution in [-0.2, 0) is 5.41 Å². The summed E-state index contributed by atoms with van der Waals surface area (Å²) >= 11 is 7.93. The van der Waals surface area contributed by atoms with Crippen LogP contribution in [0.5, 0.6) is 0 Å². The van der Waals surface area contributed by atoms with Gasteiger partial charge in [-0.2, -0.15) is 0 Å². The maximum atomic E-state index is 6.20. The molecule has 1 heterocycles. The molecule has 3 rings (SSSR count). The van der Waals surface area contributed by atoms with Crippen molar-refractivity contribution in [2.24, 2.45) is 5.73 Å². The van der Waals surface area contributed by atoms with E-state index in [1.165, 1.54) is 30.7 Å². The van der Waals surface area contributed by atoms with Gasteiger partial charge >= 0.3 is 0 Å². The van der Waals surface area contributed by atoms with Crippen LogP contribution in [0.15, 0.2) is 18.2 Å². The third-order valence-corrected chi connectivity index (χ3v) is 5.55. The first-order valence-corrected chi connectivity index (χ1v) is 7.20. The average Bonchev–Trinajstić information content (AvgIpc) is 2.96. The second-order valence-electron chi connectivity index (χ2n) is 4.80. The SMILES string of the molecule is NCC1(c2nc3cccc(Cl)c3s2)CCCC1. The minimum atomic E-state index is 0.118. The van der Waals surface area contributed by atoms with E-state index in [-0.39, 0.29) is 5.41 Å². The highest BCUT2D eigenvalue weighted by Crippen LogP contribution is 2.44. The van der Waals surface area contributed by atoms with Gasteiger partial charge in [-0.05, 0) is 25.0 Å². The maximum Gasteiger partial charge on any atom is 0.101 e. The number of aromatic nitrogens is 1. The molecule has 0 bridgehead atoms. The Morgan fingerprint density at radius 2 is 2.12 bits per heavy atom. The second-order valence-corrected chi connectivity index (χ2v) is 6.20. The third-order valence-electron chi connectivity index (χ3n) is 3.77. The van der Waals surface area contributed by atoms with Gasteiger partial charge in [0, 0.05) is 12.0 Å². The molecule has 1 aromatic heterocycles. The molecule has 1 fully saturated rings. The van der Waals surface area contributed by atoms with Gasteiger partial charge in [0.2, 0.25) is 0 Å². The average molecular weight is 267 g/mol. The number of halogens is 1. The van der Waals surface area contributed by atoms with Crippen LogP contribution in [0.2, 0.25) is 5.02 Å². The highest BCUT2D eigenvalue weighted by atomic mass is 35.5. The lowest BCUT2D eigenvalue weighted by molar-refractivity contribution is 0.451. The lowest BCUT2D eigenvalue weighted by Gasteiger charge is -2.23. The molecule has 1 aliphatic rings. The molecule has 2 nitrogen and oxygen atoms in total. The summed E-state index contributed by atoms with van der Waals surface area (Å²) < 4.78 is 1.10. The molecule has 0 aliphatic heterocycles. The number of hydrogen-bond acceptors (Lipinski definition) is 3. The van der Waals surface area contributed by atoms with Crippen molar-refractivity contribution in [2.45, 2.75) is 31.1 Å². The molecule has 1 saturated carbocycles. The van der Waals surface area contributed by atoms with E-state index in [0.29, 0.717) is 6.54 Å². The van der Waals surface area contributed by atoms with Crippen molar-refractivity contribution in [3.05, 3.63) is 28.2 Å². The predicted octanol–water partition coefficient (Wildman–Crippen LogP) is 3.72. The highest BCUT2D eigenvalue weighted by molar-refractivity contribution is 7.19. The molecule has 0 saturated heterocycles. The van der Waals surface area contributed by atoms with Crippen LogP contribution < -0.4 is 5.73 Å². The van der Waals surface area contributed by atoms with Gasteiger partial charge in [0.05, 0.1) is 15.2 Å². The number of benzene rings is 1. The van der Waals surface area contributed by atoms with Gasteiger partial charge in [-0.15, -0.1) is 11.3 Å². The van der Waals surface area contributed by atoms with Crippen LogP contribution in [-0.4, -0.2) is 11.5 Å². The summed E-state index contributed by atoms with van der Waals surface area (Å²) in [5, 5.41) is 1.98. The number of nitrogens with zero attached hydrogens (tertiary/aromatic N) is 1. The number of rotatable bonds is 2. The molecule has 0 unspecified atom stereocenters. The van der Waals surface area contributed by atoms with Crippen molar-refractivity contribution >= 4 is 33.2 Å². The maximum absolute atomic E-state index is 6.20. The molecule has 2 N–H and O–H groups in total. The molecule has 17 heavy (non-hydrogen) atoms. The van der Waals surface area contributed by atoms with Crippen LogP contribution in [0.25, 0.3) is 10.2 Å². The fraction of sp³-hybridized carbons (Fsp3) is 0.462. The molecule has 0 spiro atoms. The van der Waals surface area contributed by atoms with Gasteiger partial charge in [-0.3, -0.25) is 0 Å². The van der Waals surface area contributed by atoms with E-state index in [1.54, 1.807) is 11.3 Å². The first-order chi connectivity index (χ1) is 8.25. The van der Waals surface area contributed by atoms with E-state index in [2.05, 4.69) is 0 Å². The summed E-state index contributed by atoms with van der Waals surface area (Å²) in [6, 6.07) is 5.91. The Morgan fingerprint density at radius 1 is 1.35 bits per heavy atom. The van der Waals surface area contributed by atoms with Crippen LogP contribution in [0.1, 0.15) is 30.7 Å². The Hall–Kier alpha value is -0.640. The fourth-order valence-electron chi connectivity index (χ4n) is 2.70. The van der Waals surface area contributed by atoms with Crippen LogP contribution in [0.3, 0.4) is 0 Å². The largest absolute Gasteiger partial charge is 0.329 e. The van der Waals surface area contributed by atoms with Gasteiger partial charge in [-0.1, -0.05) is 30.5 Å². The van der Waals surface area contributed by atoms with Gasteiger partial charge in [0.15, 0.2) is 0 Å². The molecule has 0 atom stereocenters. The summed E-state index contributed by atoms with van der Waals surface area (Å²) in [6.07, 6.45) is 4.86. The lowest BCUT2D eigenvalue weighted by Crippen LogP contribution is -2.31. The van der Waals surface area contributed by atoms with Gasteiger partial charge in [0.25, 0.3) is 0 Å². The van der Waals surface area contributed by atoms with Crippen molar-refractivity contribution in [3.8, 4) is 0 Å².